The lowest BCUT2D eigenvalue weighted by atomic mass is 10.1. The van der Waals surface area contributed by atoms with E-state index in [1.54, 1.807) is 18.0 Å². The Morgan fingerprint density at radius 1 is 1.29 bits per heavy atom. The lowest BCUT2D eigenvalue weighted by molar-refractivity contribution is -0.117. The summed E-state index contributed by atoms with van der Waals surface area (Å²) in [4.78, 5) is 23.3. The van der Waals surface area contributed by atoms with Crippen molar-refractivity contribution in [3.8, 4) is 0 Å². The number of thioether (sulfide) groups is 1. The molecular formula is C21H21N5OS. The molecule has 0 saturated carbocycles. The van der Waals surface area contributed by atoms with Crippen molar-refractivity contribution in [3.05, 3.63) is 71.0 Å². The van der Waals surface area contributed by atoms with Crippen LogP contribution in [0, 0.1) is 0 Å². The molecule has 1 aromatic carbocycles. The predicted octanol–water partition coefficient (Wildman–Crippen LogP) is 2.70. The van der Waals surface area contributed by atoms with Crippen molar-refractivity contribution >= 4 is 34.4 Å². The Kier molecular flexibility index (Phi) is 4.33. The van der Waals surface area contributed by atoms with E-state index in [-0.39, 0.29) is 18.0 Å². The number of anilines is 1. The number of hydrogen-bond donors (Lipinski definition) is 3. The summed E-state index contributed by atoms with van der Waals surface area (Å²) in [6.45, 7) is 0.845. The Morgan fingerprint density at radius 2 is 2.18 bits per heavy atom. The molecule has 6 nitrogen and oxygen atoms in total. The van der Waals surface area contributed by atoms with Crippen molar-refractivity contribution < 1.29 is 4.79 Å². The van der Waals surface area contributed by atoms with Gasteiger partial charge < -0.3 is 20.9 Å². The number of pyridine rings is 1. The number of nitrogens with one attached hydrogen (secondary N) is 2. The molecule has 0 radical (unpaired) electrons. The molecule has 2 aromatic heterocycles. The predicted molar refractivity (Wildman–Crippen MR) is 113 cm³/mol. The van der Waals surface area contributed by atoms with Crippen LogP contribution >= 0.6 is 11.8 Å². The Labute approximate surface area is 167 Å². The van der Waals surface area contributed by atoms with Crippen LogP contribution in [-0.2, 0) is 11.2 Å². The monoisotopic (exact) mass is 391 g/mol. The molecule has 0 fully saturated rings. The highest BCUT2D eigenvalue weighted by Gasteiger charge is 2.32. The molecule has 0 unspecified atom stereocenters. The number of benzene rings is 1. The molecule has 2 aliphatic rings. The van der Waals surface area contributed by atoms with Gasteiger partial charge in [0, 0.05) is 42.3 Å². The molecule has 3 aromatic rings. The lowest BCUT2D eigenvalue weighted by Crippen LogP contribution is -2.39. The molecule has 0 bridgehead atoms. The van der Waals surface area contributed by atoms with Crippen molar-refractivity contribution in [2.24, 2.45) is 5.73 Å². The van der Waals surface area contributed by atoms with Crippen molar-refractivity contribution in [3.63, 3.8) is 0 Å². The number of amides is 1. The van der Waals surface area contributed by atoms with Crippen molar-refractivity contribution in [1.29, 1.82) is 0 Å². The number of aromatic amines is 1. The average molecular weight is 392 g/mol. The van der Waals surface area contributed by atoms with Crippen LogP contribution in [0.5, 0.6) is 0 Å². The molecular weight excluding hydrogens is 370 g/mol. The number of aromatic nitrogens is 2. The third-order valence-corrected chi connectivity index (χ3v) is 6.38. The highest BCUT2D eigenvalue weighted by molar-refractivity contribution is 8.04. The van der Waals surface area contributed by atoms with Crippen LogP contribution in [0.1, 0.15) is 17.2 Å². The number of nitrogens with two attached hydrogens (primary N) is 1. The van der Waals surface area contributed by atoms with Crippen LogP contribution in [0.25, 0.3) is 11.0 Å². The summed E-state index contributed by atoms with van der Waals surface area (Å²) < 4.78 is 0. The van der Waals surface area contributed by atoms with Crippen LogP contribution < -0.4 is 16.0 Å². The number of nitrogens with zero attached hydrogens (tertiary/aromatic N) is 2. The fraction of sp³-hybridized carbons (Fsp3) is 0.238. The zero-order valence-corrected chi connectivity index (χ0v) is 16.1. The van der Waals surface area contributed by atoms with Gasteiger partial charge in [0.15, 0.2) is 0 Å². The molecule has 4 N–H and O–H groups in total. The highest BCUT2D eigenvalue weighted by atomic mass is 32.2. The molecule has 0 saturated heterocycles. The molecule has 1 aliphatic carbocycles. The van der Waals surface area contributed by atoms with E-state index in [9.17, 15) is 4.79 Å². The van der Waals surface area contributed by atoms with Crippen LogP contribution in [0.4, 0.5) is 5.69 Å². The van der Waals surface area contributed by atoms with Crippen molar-refractivity contribution in [2.75, 3.05) is 17.2 Å². The third-order valence-electron chi connectivity index (χ3n) is 5.39. The van der Waals surface area contributed by atoms with Gasteiger partial charge in [-0.15, -0.1) is 11.8 Å². The van der Waals surface area contributed by atoms with Crippen LogP contribution in [0.2, 0.25) is 0 Å². The summed E-state index contributed by atoms with van der Waals surface area (Å²) in [5.41, 5.74) is 10.6. The second-order valence-electron chi connectivity index (χ2n) is 7.12. The maximum absolute atomic E-state index is 13.0. The maximum Gasteiger partial charge on any atom is 0.259 e. The first kappa shape index (κ1) is 17.3. The number of carbonyl (C=O) groups excluding carboxylic acids is 1. The minimum absolute atomic E-state index is 0.0637. The number of rotatable bonds is 3. The van der Waals surface area contributed by atoms with E-state index < -0.39 is 0 Å². The Morgan fingerprint density at radius 3 is 3.11 bits per heavy atom. The highest BCUT2D eigenvalue weighted by Crippen LogP contribution is 2.33. The fourth-order valence-electron chi connectivity index (χ4n) is 4.03. The van der Waals surface area contributed by atoms with Crippen molar-refractivity contribution in [1.82, 2.24) is 15.3 Å². The smallest absolute Gasteiger partial charge is 0.259 e. The van der Waals surface area contributed by atoms with Gasteiger partial charge in [0.2, 0.25) is 0 Å². The van der Waals surface area contributed by atoms with E-state index in [0.29, 0.717) is 4.91 Å². The van der Waals surface area contributed by atoms with Gasteiger partial charge in [-0.3, -0.25) is 4.79 Å². The van der Waals surface area contributed by atoms with Gasteiger partial charge in [-0.1, -0.05) is 24.3 Å². The lowest BCUT2D eigenvalue weighted by Gasteiger charge is -2.27. The van der Waals surface area contributed by atoms with Gasteiger partial charge in [-0.25, -0.2) is 4.98 Å². The zero-order chi connectivity index (χ0) is 19.1. The Balaban J connectivity index is 1.40. The fourth-order valence-corrected chi connectivity index (χ4v) is 4.93. The first-order valence-corrected chi connectivity index (χ1v) is 10.4. The molecule has 3 heterocycles. The van der Waals surface area contributed by atoms with Crippen molar-refractivity contribution in [2.45, 2.75) is 18.5 Å². The quantitative estimate of drug-likeness (QED) is 0.639. The molecule has 142 valence electrons. The number of fused-ring (bicyclic) bond motifs is 2. The molecule has 7 heteroatoms. The zero-order valence-electron chi connectivity index (χ0n) is 15.3. The first-order chi connectivity index (χ1) is 13.7. The van der Waals surface area contributed by atoms with Gasteiger partial charge >= 0.3 is 0 Å². The van der Waals surface area contributed by atoms with E-state index in [4.69, 9.17) is 5.73 Å². The van der Waals surface area contributed by atoms with Gasteiger partial charge in [-0.2, -0.15) is 0 Å². The van der Waals surface area contributed by atoms with E-state index in [1.165, 1.54) is 5.56 Å². The van der Waals surface area contributed by atoms with Crippen LogP contribution in [0.15, 0.2) is 59.9 Å². The summed E-state index contributed by atoms with van der Waals surface area (Å²) >= 11 is 1.59. The van der Waals surface area contributed by atoms with Gasteiger partial charge in [0.25, 0.3) is 5.91 Å². The van der Waals surface area contributed by atoms with E-state index in [2.05, 4.69) is 32.3 Å². The maximum atomic E-state index is 13.0. The summed E-state index contributed by atoms with van der Waals surface area (Å²) in [5.74, 6) is 0.784. The SMILES string of the molecule is N[C@@H]1Cc2ccccc2[C@H]1NC(=O)C1=CN(c2ccnc3[nH]ccc23)CCS1. The normalized spacial score (nSPS) is 21.5. The van der Waals surface area contributed by atoms with Gasteiger partial charge in [0.05, 0.1) is 16.6 Å². The van der Waals surface area contributed by atoms with E-state index >= 15 is 0 Å². The number of carbonyl (C=O) groups is 1. The second kappa shape index (κ2) is 7.00. The topological polar surface area (TPSA) is 87.0 Å². The van der Waals surface area contributed by atoms with Crippen LogP contribution in [-0.4, -0.2) is 34.2 Å². The van der Waals surface area contributed by atoms with Gasteiger partial charge in [-0.05, 0) is 29.7 Å². The number of hydrogen-bond acceptors (Lipinski definition) is 5. The summed E-state index contributed by atoms with van der Waals surface area (Å²) in [5, 5.41) is 4.21. The largest absolute Gasteiger partial charge is 0.346 e. The van der Waals surface area contributed by atoms with E-state index in [1.807, 2.05) is 36.7 Å². The molecule has 2 atom stereocenters. The minimum Gasteiger partial charge on any atom is -0.346 e. The first-order valence-electron chi connectivity index (χ1n) is 9.38. The standard InChI is InChI=1S/C21H21N5OS/c22-16-11-13-3-1-2-4-14(13)19(16)25-21(27)18-12-26(9-10-28-18)17-6-8-24-20-15(17)5-7-23-20/h1-8,12,16,19H,9-11,22H2,(H,23,24)(H,25,27)/t16-,19-/m1/s1. The average Bonchev–Trinajstić information content (AvgIpc) is 3.32. The minimum atomic E-state index is -0.141. The molecule has 0 spiro atoms. The Hall–Kier alpha value is -2.77. The summed E-state index contributed by atoms with van der Waals surface area (Å²) in [6, 6.07) is 11.9. The summed E-state index contributed by atoms with van der Waals surface area (Å²) in [6.07, 6.45) is 6.41. The molecule has 5 rings (SSSR count). The summed E-state index contributed by atoms with van der Waals surface area (Å²) in [7, 11) is 0. The third kappa shape index (κ3) is 2.96. The van der Waals surface area contributed by atoms with Crippen LogP contribution in [0.3, 0.4) is 0 Å². The molecule has 1 aliphatic heterocycles. The van der Waals surface area contributed by atoms with Gasteiger partial charge in [0.1, 0.15) is 5.65 Å². The Bertz CT molecular complexity index is 1080. The second-order valence-corrected chi connectivity index (χ2v) is 8.26. The molecule has 28 heavy (non-hydrogen) atoms. The molecule has 1 amide bonds. The van der Waals surface area contributed by atoms with E-state index in [0.717, 1.165) is 41.0 Å². The number of H-pyrrole nitrogens is 1.